The molecule has 1 saturated heterocycles. The van der Waals surface area contributed by atoms with E-state index in [1.807, 2.05) is 24.3 Å². The quantitative estimate of drug-likeness (QED) is 0.807. The summed E-state index contributed by atoms with van der Waals surface area (Å²) in [6.07, 6.45) is 3.73. The summed E-state index contributed by atoms with van der Waals surface area (Å²) in [4.78, 5) is 26.4. The number of benzene rings is 1. The van der Waals surface area contributed by atoms with E-state index in [-0.39, 0.29) is 23.7 Å². The predicted molar refractivity (Wildman–Crippen MR) is 74.0 cm³/mol. The lowest BCUT2D eigenvalue weighted by Crippen LogP contribution is -2.31. The topological polar surface area (TPSA) is 66.1 Å². The van der Waals surface area contributed by atoms with Gasteiger partial charge in [-0.15, -0.1) is 0 Å². The first-order chi connectivity index (χ1) is 9.77. The lowest BCUT2D eigenvalue weighted by atomic mass is 9.81. The van der Waals surface area contributed by atoms with Gasteiger partial charge in [0.2, 0.25) is 11.8 Å². The summed E-state index contributed by atoms with van der Waals surface area (Å²) in [5.74, 6) is 0.0531. The van der Waals surface area contributed by atoms with Gasteiger partial charge in [-0.1, -0.05) is 25.0 Å². The van der Waals surface area contributed by atoms with Gasteiger partial charge in [-0.3, -0.25) is 14.7 Å². The summed E-state index contributed by atoms with van der Waals surface area (Å²) in [5, 5.41) is 7.91. The Hall–Kier alpha value is -2.17. The molecule has 2 amide bonds. The molecule has 1 aromatic heterocycles. The average Bonchev–Trinajstić information content (AvgIpc) is 3.01. The Balaban J connectivity index is 1.82. The van der Waals surface area contributed by atoms with Crippen LogP contribution in [0.1, 0.15) is 25.7 Å². The second-order valence-corrected chi connectivity index (χ2v) is 5.60. The Morgan fingerprint density at radius 3 is 2.40 bits per heavy atom. The van der Waals surface area contributed by atoms with Gasteiger partial charge in [-0.25, -0.2) is 4.90 Å². The van der Waals surface area contributed by atoms with Gasteiger partial charge < -0.3 is 0 Å². The van der Waals surface area contributed by atoms with E-state index in [0.717, 1.165) is 36.6 Å². The number of aromatic nitrogens is 2. The first-order valence-electron chi connectivity index (χ1n) is 7.08. The molecule has 2 unspecified atom stereocenters. The van der Waals surface area contributed by atoms with Gasteiger partial charge in [-0.2, -0.15) is 5.10 Å². The second kappa shape index (κ2) is 4.16. The van der Waals surface area contributed by atoms with E-state index in [2.05, 4.69) is 10.2 Å². The number of nitrogens with zero attached hydrogens (tertiary/aromatic N) is 2. The number of amides is 2. The van der Waals surface area contributed by atoms with Gasteiger partial charge >= 0.3 is 0 Å². The highest BCUT2D eigenvalue weighted by molar-refractivity contribution is 6.24. The average molecular weight is 269 g/mol. The number of hydrogen-bond acceptors (Lipinski definition) is 3. The summed E-state index contributed by atoms with van der Waals surface area (Å²) >= 11 is 0. The van der Waals surface area contributed by atoms with Gasteiger partial charge in [-0.05, 0) is 25.0 Å². The van der Waals surface area contributed by atoms with Crippen LogP contribution in [-0.2, 0) is 9.59 Å². The number of nitrogens with one attached hydrogen (secondary N) is 1. The maximum absolute atomic E-state index is 12.5. The maximum Gasteiger partial charge on any atom is 0.238 e. The molecular weight excluding hydrogens is 254 g/mol. The van der Waals surface area contributed by atoms with E-state index in [4.69, 9.17) is 0 Å². The molecule has 0 radical (unpaired) electrons. The van der Waals surface area contributed by atoms with Crippen molar-refractivity contribution in [2.24, 2.45) is 11.8 Å². The zero-order chi connectivity index (χ0) is 13.7. The van der Waals surface area contributed by atoms with Crippen LogP contribution in [0, 0.1) is 11.8 Å². The summed E-state index contributed by atoms with van der Waals surface area (Å²) in [6.45, 7) is 0. The van der Waals surface area contributed by atoms with Gasteiger partial charge in [0.1, 0.15) is 0 Å². The third kappa shape index (κ3) is 1.46. The number of aromatic amines is 1. The van der Waals surface area contributed by atoms with Crippen molar-refractivity contribution < 1.29 is 9.59 Å². The number of para-hydroxylation sites is 1. The van der Waals surface area contributed by atoms with Crippen LogP contribution in [0.15, 0.2) is 24.3 Å². The van der Waals surface area contributed by atoms with Gasteiger partial charge in [0, 0.05) is 5.39 Å². The first kappa shape index (κ1) is 11.6. The van der Waals surface area contributed by atoms with E-state index < -0.39 is 0 Å². The van der Waals surface area contributed by atoms with Crippen molar-refractivity contribution >= 4 is 28.5 Å². The molecule has 102 valence electrons. The fraction of sp³-hybridized carbons (Fsp3) is 0.400. The van der Waals surface area contributed by atoms with Crippen molar-refractivity contribution in [2.45, 2.75) is 25.7 Å². The normalized spacial score (nSPS) is 26.3. The largest absolute Gasteiger partial charge is 0.276 e. The summed E-state index contributed by atoms with van der Waals surface area (Å²) in [6, 6.07) is 7.57. The molecule has 2 aliphatic rings. The minimum absolute atomic E-state index is 0.0723. The standard InChI is InChI=1S/C15H15N3O2/c19-14-9-5-1-2-6-10(9)15(20)18(14)13-11-7-3-4-8-12(11)16-17-13/h3-4,7-10H,1-2,5-6H2,(H,16,17). The molecule has 5 nitrogen and oxygen atoms in total. The van der Waals surface area contributed by atoms with Crippen molar-refractivity contribution in [3.8, 4) is 0 Å². The smallest absolute Gasteiger partial charge is 0.238 e. The molecule has 0 bridgehead atoms. The number of H-pyrrole nitrogens is 1. The molecule has 1 aliphatic heterocycles. The van der Waals surface area contributed by atoms with Crippen molar-refractivity contribution in [3.63, 3.8) is 0 Å². The fourth-order valence-corrected chi connectivity index (χ4v) is 3.49. The molecule has 2 fully saturated rings. The van der Waals surface area contributed by atoms with Crippen molar-refractivity contribution in [1.29, 1.82) is 0 Å². The summed E-state index contributed by atoms with van der Waals surface area (Å²) in [5.41, 5.74) is 0.845. The SMILES string of the molecule is O=C1C2CCCCC2C(=O)N1c1n[nH]c2ccccc12. The third-order valence-corrected chi connectivity index (χ3v) is 4.50. The number of carbonyl (C=O) groups is 2. The summed E-state index contributed by atoms with van der Waals surface area (Å²) in [7, 11) is 0. The Labute approximate surface area is 116 Å². The number of anilines is 1. The summed E-state index contributed by atoms with van der Waals surface area (Å²) < 4.78 is 0. The Bertz CT molecular complexity index is 682. The van der Waals surface area contributed by atoms with Gasteiger partial charge in [0.15, 0.2) is 5.82 Å². The highest BCUT2D eigenvalue weighted by Crippen LogP contribution is 2.40. The zero-order valence-corrected chi connectivity index (χ0v) is 11.0. The first-order valence-corrected chi connectivity index (χ1v) is 7.08. The minimum atomic E-state index is -0.133. The minimum Gasteiger partial charge on any atom is -0.276 e. The molecule has 5 heteroatoms. The number of hydrogen-bond donors (Lipinski definition) is 1. The third-order valence-electron chi connectivity index (χ3n) is 4.50. The molecule has 2 atom stereocenters. The molecule has 1 aliphatic carbocycles. The fourth-order valence-electron chi connectivity index (χ4n) is 3.49. The van der Waals surface area contributed by atoms with Crippen LogP contribution in [0.5, 0.6) is 0 Å². The van der Waals surface area contributed by atoms with Crippen molar-refractivity contribution in [1.82, 2.24) is 10.2 Å². The van der Waals surface area contributed by atoms with E-state index in [9.17, 15) is 9.59 Å². The molecular formula is C15H15N3O2. The lowest BCUT2D eigenvalue weighted by molar-refractivity contribution is -0.122. The molecule has 4 rings (SSSR count). The number of rotatable bonds is 1. The van der Waals surface area contributed by atoms with Crippen molar-refractivity contribution in [3.05, 3.63) is 24.3 Å². The van der Waals surface area contributed by atoms with Crippen LogP contribution >= 0.6 is 0 Å². The second-order valence-electron chi connectivity index (χ2n) is 5.60. The highest BCUT2D eigenvalue weighted by Gasteiger charge is 2.49. The number of fused-ring (bicyclic) bond motifs is 2. The maximum atomic E-state index is 12.5. The van der Waals surface area contributed by atoms with Crippen LogP contribution < -0.4 is 4.90 Å². The Morgan fingerprint density at radius 1 is 1.05 bits per heavy atom. The van der Waals surface area contributed by atoms with Crippen LogP contribution in [0.3, 0.4) is 0 Å². The lowest BCUT2D eigenvalue weighted by Gasteiger charge is -2.19. The van der Waals surface area contributed by atoms with Gasteiger partial charge in [0.05, 0.1) is 17.4 Å². The number of carbonyl (C=O) groups excluding carboxylic acids is 2. The van der Waals surface area contributed by atoms with E-state index in [0.29, 0.717) is 5.82 Å². The van der Waals surface area contributed by atoms with Crippen LogP contribution in [0.2, 0.25) is 0 Å². The predicted octanol–water partition coefficient (Wildman–Crippen LogP) is 2.24. The molecule has 20 heavy (non-hydrogen) atoms. The van der Waals surface area contributed by atoms with Gasteiger partial charge in [0.25, 0.3) is 0 Å². The van der Waals surface area contributed by atoms with Crippen LogP contribution in [-0.4, -0.2) is 22.0 Å². The van der Waals surface area contributed by atoms with E-state index in [1.165, 1.54) is 4.90 Å². The van der Waals surface area contributed by atoms with E-state index in [1.54, 1.807) is 0 Å². The molecule has 2 aromatic rings. The highest BCUT2D eigenvalue weighted by atomic mass is 16.2. The zero-order valence-electron chi connectivity index (χ0n) is 11.0. The molecule has 1 N–H and O–H groups in total. The van der Waals surface area contributed by atoms with E-state index >= 15 is 0 Å². The Morgan fingerprint density at radius 2 is 1.70 bits per heavy atom. The molecule has 1 saturated carbocycles. The molecule has 0 spiro atoms. The van der Waals surface area contributed by atoms with Crippen LogP contribution in [0.25, 0.3) is 10.9 Å². The molecule has 2 heterocycles. The Kier molecular flexibility index (Phi) is 2.42. The molecule has 1 aromatic carbocycles. The number of imide groups is 1. The monoisotopic (exact) mass is 269 g/mol. The van der Waals surface area contributed by atoms with Crippen molar-refractivity contribution in [2.75, 3.05) is 4.90 Å². The van der Waals surface area contributed by atoms with Crippen LogP contribution in [0.4, 0.5) is 5.82 Å².